The van der Waals surface area contributed by atoms with Crippen molar-refractivity contribution < 1.29 is 23.7 Å². The van der Waals surface area contributed by atoms with Crippen LogP contribution in [-0.4, -0.2) is 90.6 Å². The second-order valence-corrected chi connectivity index (χ2v) is 6.11. The Morgan fingerprint density at radius 3 is 1.74 bits per heavy atom. The number of hydrogen-bond donors (Lipinski definition) is 0. The van der Waals surface area contributed by atoms with Gasteiger partial charge in [0.1, 0.15) is 0 Å². The van der Waals surface area contributed by atoms with Crippen LogP contribution in [0.2, 0.25) is 0 Å². The summed E-state index contributed by atoms with van der Waals surface area (Å²) in [6, 6.07) is 0. The summed E-state index contributed by atoms with van der Waals surface area (Å²) in [4.78, 5) is 2.38. The third kappa shape index (κ3) is 13.9. The Labute approximate surface area is 141 Å². The van der Waals surface area contributed by atoms with Gasteiger partial charge in [0, 0.05) is 32.8 Å². The molecule has 0 aromatic carbocycles. The molecule has 1 aliphatic heterocycles. The minimum atomic E-state index is 0.597. The Balaban J connectivity index is 2.18. The first-order chi connectivity index (χ1) is 11.3. The van der Waals surface area contributed by atoms with Crippen molar-refractivity contribution in [3.63, 3.8) is 0 Å². The Morgan fingerprint density at radius 1 is 0.783 bits per heavy atom. The van der Waals surface area contributed by atoms with Gasteiger partial charge in [-0.1, -0.05) is 13.8 Å². The van der Waals surface area contributed by atoms with Crippen LogP contribution in [-0.2, 0) is 23.7 Å². The highest BCUT2D eigenvalue weighted by Crippen LogP contribution is 1.97. The van der Waals surface area contributed by atoms with E-state index >= 15 is 0 Å². The summed E-state index contributed by atoms with van der Waals surface area (Å²) in [5.41, 5.74) is 0. The molecule has 23 heavy (non-hydrogen) atoms. The molecular formula is C17H35NO5. The molecule has 0 aromatic rings. The third-order valence-electron chi connectivity index (χ3n) is 3.43. The van der Waals surface area contributed by atoms with Crippen LogP contribution in [0, 0.1) is 5.92 Å². The van der Waals surface area contributed by atoms with Crippen LogP contribution >= 0.6 is 0 Å². The molecule has 1 rings (SSSR count). The zero-order valence-corrected chi connectivity index (χ0v) is 15.0. The summed E-state index contributed by atoms with van der Waals surface area (Å²) in [5.74, 6) is 0.597. The van der Waals surface area contributed by atoms with Gasteiger partial charge in [0.15, 0.2) is 0 Å². The highest BCUT2D eigenvalue weighted by atomic mass is 16.6. The summed E-state index contributed by atoms with van der Waals surface area (Å²) < 4.78 is 27.7. The summed E-state index contributed by atoms with van der Waals surface area (Å²) in [5, 5.41) is 0. The zero-order valence-electron chi connectivity index (χ0n) is 15.0. The molecular weight excluding hydrogens is 298 g/mol. The van der Waals surface area contributed by atoms with E-state index in [9.17, 15) is 0 Å². The van der Waals surface area contributed by atoms with Crippen molar-refractivity contribution in [3.8, 4) is 0 Å². The summed E-state index contributed by atoms with van der Waals surface area (Å²) in [6.07, 6.45) is 1.04. The minimum Gasteiger partial charge on any atom is -0.381 e. The van der Waals surface area contributed by atoms with E-state index in [2.05, 4.69) is 18.7 Å². The van der Waals surface area contributed by atoms with Crippen molar-refractivity contribution in [2.24, 2.45) is 5.92 Å². The predicted molar refractivity (Wildman–Crippen MR) is 90.0 cm³/mol. The molecule has 0 atom stereocenters. The average molecular weight is 333 g/mol. The van der Waals surface area contributed by atoms with Gasteiger partial charge in [0.05, 0.1) is 52.9 Å². The number of hydrogen-bond acceptors (Lipinski definition) is 6. The van der Waals surface area contributed by atoms with E-state index in [0.717, 1.165) is 52.5 Å². The van der Waals surface area contributed by atoms with Crippen molar-refractivity contribution in [2.75, 3.05) is 85.7 Å². The lowest BCUT2D eigenvalue weighted by Crippen LogP contribution is -2.33. The number of ether oxygens (including phenoxy) is 5. The van der Waals surface area contributed by atoms with Crippen molar-refractivity contribution >= 4 is 0 Å². The molecule has 0 aliphatic carbocycles. The van der Waals surface area contributed by atoms with Crippen LogP contribution < -0.4 is 0 Å². The van der Waals surface area contributed by atoms with E-state index in [0.29, 0.717) is 45.6 Å². The van der Waals surface area contributed by atoms with Crippen LogP contribution in [0.1, 0.15) is 20.3 Å². The van der Waals surface area contributed by atoms with Crippen molar-refractivity contribution in [3.05, 3.63) is 0 Å². The van der Waals surface area contributed by atoms with Gasteiger partial charge >= 0.3 is 0 Å². The van der Waals surface area contributed by atoms with E-state index < -0.39 is 0 Å². The molecule has 0 unspecified atom stereocenters. The van der Waals surface area contributed by atoms with Crippen molar-refractivity contribution in [1.29, 1.82) is 0 Å². The molecule has 0 aromatic heterocycles. The van der Waals surface area contributed by atoms with E-state index in [1.54, 1.807) is 0 Å². The van der Waals surface area contributed by atoms with Crippen LogP contribution in [0.4, 0.5) is 0 Å². The fourth-order valence-electron chi connectivity index (χ4n) is 2.19. The molecule has 138 valence electrons. The predicted octanol–water partition coefficient (Wildman–Crippen LogP) is 1.43. The average Bonchev–Trinajstić information content (AvgIpc) is 2.54. The largest absolute Gasteiger partial charge is 0.381 e. The zero-order chi connectivity index (χ0) is 16.6. The van der Waals surface area contributed by atoms with Gasteiger partial charge in [0.2, 0.25) is 0 Å². The molecule has 1 aliphatic rings. The SMILES string of the molecule is CC(C)COCCCN1CCOCCOCCOCCOCC1. The Hall–Kier alpha value is -0.240. The highest BCUT2D eigenvalue weighted by Gasteiger charge is 2.06. The Kier molecular flexibility index (Phi) is 13.8. The standard InChI is InChI=1S/C17H35NO5/c1-17(2)16-23-7-3-4-18-5-8-19-10-12-21-14-15-22-13-11-20-9-6-18/h17H,3-16H2,1-2H3. The lowest BCUT2D eigenvalue weighted by atomic mass is 10.2. The second kappa shape index (κ2) is 15.3. The van der Waals surface area contributed by atoms with Crippen molar-refractivity contribution in [2.45, 2.75) is 20.3 Å². The molecule has 0 radical (unpaired) electrons. The van der Waals surface area contributed by atoms with Gasteiger partial charge in [-0.3, -0.25) is 4.90 Å². The highest BCUT2D eigenvalue weighted by molar-refractivity contribution is 4.58. The van der Waals surface area contributed by atoms with Gasteiger partial charge in [-0.15, -0.1) is 0 Å². The first-order valence-electron chi connectivity index (χ1n) is 8.90. The first-order valence-corrected chi connectivity index (χ1v) is 8.90. The lowest BCUT2D eigenvalue weighted by Gasteiger charge is -2.22. The fraction of sp³-hybridized carbons (Fsp3) is 1.00. The molecule has 0 N–H and O–H groups in total. The third-order valence-corrected chi connectivity index (χ3v) is 3.43. The van der Waals surface area contributed by atoms with Gasteiger partial charge in [-0.05, 0) is 12.3 Å². The van der Waals surface area contributed by atoms with E-state index in [1.165, 1.54) is 0 Å². The smallest absolute Gasteiger partial charge is 0.0701 e. The van der Waals surface area contributed by atoms with Gasteiger partial charge < -0.3 is 23.7 Å². The van der Waals surface area contributed by atoms with Gasteiger partial charge in [-0.25, -0.2) is 0 Å². The Bertz CT molecular complexity index is 237. The van der Waals surface area contributed by atoms with Crippen LogP contribution in [0.25, 0.3) is 0 Å². The second-order valence-electron chi connectivity index (χ2n) is 6.11. The molecule has 0 bridgehead atoms. The maximum Gasteiger partial charge on any atom is 0.0701 e. The Morgan fingerprint density at radius 2 is 1.26 bits per heavy atom. The van der Waals surface area contributed by atoms with E-state index in [-0.39, 0.29) is 0 Å². The van der Waals surface area contributed by atoms with Gasteiger partial charge in [-0.2, -0.15) is 0 Å². The quantitative estimate of drug-likeness (QED) is 0.686. The van der Waals surface area contributed by atoms with Crippen molar-refractivity contribution in [1.82, 2.24) is 4.90 Å². The lowest BCUT2D eigenvalue weighted by molar-refractivity contribution is 0.00206. The van der Waals surface area contributed by atoms with Gasteiger partial charge in [0.25, 0.3) is 0 Å². The molecule has 0 spiro atoms. The van der Waals surface area contributed by atoms with Crippen LogP contribution in [0.5, 0.6) is 0 Å². The molecule has 1 fully saturated rings. The molecule has 6 heteroatoms. The van der Waals surface area contributed by atoms with E-state index in [4.69, 9.17) is 23.7 Å². The number of rotatable bonds is 6. The normalized spacial score (nSPS) is 21.0. The molecule has 1 saturated heterocycles. The van der Waals surface area contributed by atoms with Crippen LogP contribution in [0.15, 0.2) is 0 Å². The summed E-state index contributed by atoms with van der Waals surface area (Å²) >= 11 is 0. The summed E-state index contributed by atoms with van der Waals surface area (Å²) in [7, 11) is 0. The monoisotopic (exact) mass is 333 g/mol. The van der Waals surface area contributed by atoms with E-state index in [1.807, 2.05) is 0 Å². The van der Waals surface area contributed by atoms with Crippen LogP contribution in [0.3, 0.4) is 0 Å². The molecule has 1 heterocycles. The minimum absolute atomic E-state index is 0.597. The fourth-order valence-corrected chi connectivity index (χ4v) is 2.19. The molecule has 0 amide bonds. The maximum atomic E-state index is 5.65. The molecule has 6 nitrogen and oxygen atoms in total. The topological polar surface area (TPSA) is 49.4 Å². The maximum absolute atomic E-state index is 5.65. The summed E-state index contributed by atoms with van der Waals surface area (Å²) in [6.45, 7) is 14.1. The number of nitrogens with zero attached hydrogens (tertiary/aromatic N) is 1. The first kappa shape index (κ1) is 20.8. The molecule has 0 saturated carbocycles.